The monoisotopic (exact) mass is 323 g/mol. The Balaban J connectivity index is 1.67. The van der Waals surface area contributed by atoms with Gasteiger partial charge in [0.2, 0.25) is 0 Å². The second-order valence-electron chi connectivity index (χ2n) is 6.06. The third-order valence-corrected chi connectivity index (χ3v) is 5.82. The Kier molecular flexibility index (Phi) is 4.85. The molecule has 4 nitrogen and oxygen atoms in total. The summed E-state index contributed by atoms with van der Waals surface area (Å²) in [6.07, 6.45) is 4.77. The van der Waals surface area contributed by atoms with Crippen molar-refractivity contribution in [3.8, 4) is 0 Å². The molecule has 3 rings (SSSR count). The average molecular weight is 323 g/mol. The van der Waals surface area contributed by atoms with E-state index in [1.807, 2.05) is 4.90 Å². The van der Waals surface area contributed by atoms with Gasteiger partial charge in [-0.2, -0.15) is 0 Å². The van der Waals surface area contributed by atoms with E-state index in [0.717, 1.165) is 50.1 Å². The zero-order chi connectivity index (χ0) is 15.6. The number of carbonyl (C=O) groups is 1. The van der Waals surface area contributed by atoms with Crippen molar-refractivity contribution < 1.29 is 14.3 Å². The summed E-state index contributed by atoms with van der Waals surface area (Å²) in [7, 11) is 0. The second kappa shape index (κ2) is 6.69. The molecule has 0 radical (unpaired) electrons. The van der Waals surface area contributed by atoms with Crippen molar-refractivity contribution in [2.75, 3.05) is 26.3 Å². The Bertz CT molecular complexity index is 524. The topological polar surface area (TPSA) is 38.8 Å². The molecular formula is C17H25NO3S. The molecule has 1 spiro atoms. The van der Waals surface area contributed by atoms with Crippen LogP contribution >= 0.6 is 11.3 Å². The molecule has 5 heteroatoms. The van der Waals surface area contributed by atoms with Crippen LogP contribution < -0.4 is 0 Å². The van der Waals surface area contributed by atoms with Crippen molar-refractivity contribution in [1.29, 1.82) is 0 Å². The predicted molar refractivity (Wildman–Crippen MR) is 87.5 cm³/mol. The van der Waals surface area contributed by atoms with Crippen LogP contribution in [0.4, 0.5) is 0 Å². The first-order chi connectivity index (χ1) is 10.7. The molecule has 0 aliphatic carbocycles. The predicted octanol–water partition coefficient (Wildman–Crippen LogP) is 3.24. The third kappa shape index (κ3) is 3.07. The number of carbonyl (C=O) groups excluding carboxylic acids is 1. The highest BCUT2D eigenvalue weighted by molar-refractivity contribution is 7.14. The number of thiophene rings is 1. The van der Waals surface area contributed by atoms with Crippen molar-refractivity contribution >= 4 is 17.2 Å². The summed E-state index contributed by atoms with van der Waals surface area (Å²) in [6, 6.07) is 2.10. The molecule has 0 unspecified atom stereocenters. The lowest BCUT2D eigenvalue weighted by atomic mass is 10.0. The van der Waals surface area contributed by atoms with Crippen molar-refractivity contribution in [1.82, 2.24) is 4.90 Å². The Morgan fingerprint density at radius 2 is 1.95 bits per heavy atom. The molecule has 0 atom stereocenters. The summed E-state index contributed by atoms with van der Waals surface area (Å²) in [5.41, 5.74) is 1.34. The van der Waals surface area contributed by atoms with E-state index in [1.54, 1.807) is 11.3 Å². The third-order valence-electron chi connectivity index (χ3n) is 4.59. The van der Waals surface area contributed by atoms with Crippen LogP contribution in [0.2, 0.25) is 0 Å². The summed E-state index contributed by atoms with van der Waals surface area (Å²) >= 11 is 1.68. The van der Waals surface area contributed by atoms with Gasteiger partial charge in [-0.3, -0.25) is 4.79 Å². The van der Waals surface area contributed by atoms with Gasteiger partial charge in [-0.15, -0.1) is 11.3 Å². The molecule has 2 fully saturated rings. The zero-order valence-corrected chi connectivity index (χ0v) is 14.3. The van der Waals surface area contributed by atoms with E-state index in [0.29, 0.717) is 13.2 Å². The molecule has 122 valence electrons. The molecule has 1 amide bonds. The standard InChI is InChI=1S/C17H25NO3S/c1-3-5-14-13(4-2)12-15(22-14)16(19)18-8-6-17(7-9-18)20-10-11-21-17/h12H,3-11H2,1-2H3. The lowest BCUT2D eigenvalue weighted by molar-refractivity contribution is -0.181. The largest absolute Gasteiger partial charge is 0.347 e. The van der Waals surface area contributed by atoms with Gasteiger partial charge < -0.3 is 14.4 Å². The SMILES string of the molecule is CCCc1sc(C(=O)N2CCC3(CC2)OCCO3)cc1CC. The lowest BCUT2D eigenvalue weighted by Crippen LogP contribution is -2.47. The number of likely N-dealkylation sites (tertiary alicyclic amines) is 1. The number of hydrogen-bond donors (Lipinski definition) is 0. The van der Waals surface area contributed by atoms with E-state index in [2.05, 4.69) is 19.9 Å². The van der Waals surface area contributed by atoms with Crippen LogP contribution in [0.1, 0.15) is 53.2 Å². The summed E-state index contributed by atoms with van der Waals surface area (Å²) in [6.45, 7) is 7.15. The van der Waals surface area contributed by atoms with Gasteiger partial charge in [-0.25, -0.2) is 0 Å². The molecule has 1 aromatic heterocycles. The summed E-state index contributed by atoms with van der Waals surface area (Å²) in [5, 5.41) is 0. The normalized spacial score (nSPS) is 20.7. The Labute approximate surface area is 136 Å². The van der Waals surface area contributed by atoms with Gasteiger partial charge in [0.05, 0.1) is 18.1 Å². The fourth-order valence-electron chi connectivity index (χ4n) is 3.30. The highest BCUT2D eigenvalue weighted by Gasteiger charge is 2.41. The molecule has 0 N–H and O–H groups in total. The molecule has 0 bridgehead atoms. The van der Waals surface area contributed by atoms with Gasteiger partial charge >= 0.3 is 0 Å². The molecule has 0 saturated carbocycles. The first-order valence-corrected chi connectivity index (χ1v) is 9.18. The van der Waals surface area contributed by atoms with Crippen molar-refractivity contribution in [2.45, 2.75) is 51.7 Å². The number of hydrogen-bond acceptors (Lipinski definition) is 4. The number of rotatable bonds is 4. The quantitative estimate of drug-likeness (QED) is 0.854. The van der Waals surface area contributed by atoms with Crippen LogP contribution in [0, 0.1) is 0 Å². The first-order valence-electron chi connectivity index (χ1n) is 8.36. The molecule has 22 heavy (non-hydrogen) atoms. The maximum Gasteiger partial charge on any atom is 0.263 e. The van der Waals surface area contributed by atoms with E-state index in [1.165, 1.54) is 10.4 Å². The molecule has 1 aromatic rings. The summed E-state index contributed by atoms with van der Waals surface area (Å²) < 4.78 is 11.5. The minimum Gasteiger partial charge on any atom is -0.347 e. The van der Waals surface area contributed by atoms with Crippen LogP contribution in [0.15, 0.2) is 6.07 Å². The molecule has 0 aromatic carbocycles. The van der Waals surface area contributed by atoms with Crippen LogP contribution in [0.25, 0.3) is 0 Å². The van der Waals surface area contributed by atoms with Crippen molar-refractivity contribution in [2.24, 2.45) is 0 Å². The zero-order valence-electron chi connectivity index (χ0n) is 13.5. The van der Waals surface area contributed by atoms with E-state index in [-0.39, 0.29) is 5.91 Å². The van der Waals surface area contributed by atoms with Crippen LogP contribution in [-0.2, 0) is 22.3 Å². The van der Waals surface area contributed by atoms with Crippen LogP contribution in [-0.4, -0.2) is 42.9 Å². The minimum absolute atomic E-state index is 0.176. The van der Waals surface area contributed by atoms with E-state index in [9.17, 15) is 4.79 Å². The van der Waals surface area contributed by atoms with Crippen molar-refractivity contribution in [3.05, 3.63) is 21.4 Å². The van der Waals surface area contributed by atoms with Gasteiger partial charge in [0.15, 0.2) is 5.79 Å². The number of aryl methyl sites for hydroxylation is 2. The number of amides is 1. The van der Waals surface area contributed by atoms with Crippen LogP contribution in [0.5, 0.6) is 0 Å². The highest BCUT2D eigenvalue weighted by atomic mass is 32.1. The number of nitrogens with zero attached hydrogens (tertiary/aromatic N) is 1. The smallest absolute Gasteiger partial charge is 0.263 e. The van der Waals surface area contributed by atoms with Gasteiger partial charge in [0.1, 0.15) is 0 Å². The van der Waals surface area contributed by atoms with Crippen molar-refractivity contribution in [3.63, 3.8) is 0 Å². The van der Waals surface area contributed by atoms with Crippen LogP contribution in [0.3, 0.4) is 0 Å². The van der Waals surface area contributed by atoms with E-state index >= 15 is 0 Å². The first kappa shape index (κ1) is 16.0. The number of ether oxygens (including phenoxy) is 2. The maximum absolute atomic E-state index is 12.7. The van der Waals surface area contributed by atoms with E-state index in [4.69, 9.17) is 9.47 Å². The maximum atomic E-state index is 12.7. The average Bonchev–Trinajstić information content (AvgIpc) is 3.15. The number of piperidine rings is 1. The summed E-state index contributed by atoms with van der Waals surface area (Å²) in [4.78, 5) is 17.0. The molecule has 3 heterocycles. The summed E-state index contributed by atoms with van der Waals surface area (Å²) in [5.74, 6) is -0.233. The molecule has 2 aliphatic rings. The van der Waals surface area contributed by atoms with Gasteiger partial charge in [-0.05, 0) is 24.5 Å². The van der Waals surface area contributed by atoms with Gasteiger partial charge in [0.25, 0.3) is 5.91 Å². The van der Waals surface area contributed by atoms with Gasteiger partial charge in [-0.1, -0.05) is 20.3 Å². The highest BCUT2D eigenvalue weighted by Crippen LogP contribution is 2.33. The molecule has 2 saturated heterocycles. The molecular weight excluding hydrogens is 298 g/mol. The lowest BCUT2D eigenvalue weighted by Gasteiger charge is -2.37. The Morgan fingerprint density at radius 1 is 1.27 bits per heavy atom. The Morgan fingerprint density at radius 3 is 2.55 bits per heavy atom. The van der Waals surface area contributed by atoms with Gasteiger partial charge in [0, 0.05) is 30.8 Å². The second-order valence-corrected chi connectivity index (χ2v) is 7.20. The molecule has 2 aliphatic heterocycles. The fourth-order valence-corrected chi connectivity index (χ4v) is 4.63. The fraction of sp³-hybridized carbons (Fsp3) is 0.706. The van der Waals surface area contributed by atoms with E-state index < -0.39 is 5.79 Å². The minimum atomic E-state index is -0.409. The Hall–Kier alpha value is -0.910.